The van der Waals surface area contributed by atoms with E-state index in [1.165, 1.54) is 32.1 Å². The van der Waals surface area contributed by atoms with E-state index in [2.05, 4.69) is 4.98 Å². The zero-order valence-electron chi connectivity index (χ0n) is 7.55. The molecule has 0 aliphatic heterocycles. The van der Waals surface area contributed by atoms with E-state index in [1.807, 2.05) is 13.1 Å². The minimum Gasteiger partial charge on any atom is -0.446 e. The lowest BCUT2D eigenvalue weighted by molar-refractivity contribution is 0.356. The van der Waals surface area contributed by atoms with E-state index in [0.717, 1.165) is 11.7 Å². The van der Waals surface area contributed by atoms with Gasteiger partial charge in [-0.1, -0.05) is 19.3 Å². The van der Waals surface area contributed by atoms with Crippen LogP contribution in [0.1, 0.15) is 49.7 Å². The molecule has 1 aliphatic carbocycles. The number of rotatable bonds is 1. The molecule has 66 valence electrons. The Morgan fingerprint density at radius 1 is 1.33 bits per heavy atom. The highest BCUT2D eigenvalue weighted by atomic mass is 16.4. The summed E-state index contributed by atoms with van der Waals surface area (Å²) in [5, 5.41) is 0. The van der Waals surface area contributed by atoms with Gasteiger partial charge in [0.25, 0.3) is 0 Å². The highest BCUT2D eigenvalue weighted by Gasteiger charge is 2.19. The standard InChI is InChI=1S/C10H15NO/c1-8-7-11-10(12-8)9-5-3-2-4-6-9/h7,9H,2-6H2,1H3. The van der Waals surface area contributed by atoms with Crippen molar-refractivity contribution in [2.45, 2.75) is 44.9 Å². The number of hydrogen-bond acceptors (Lipinski definition) is 2. The molecule has 0 spiro atoms. The van der Waals surface area contributed by atoms with Crippen LogP contribution in [-0.4, -0.2) is 4.98 Å². The van der Waals surface area contributed by atoms with E-state index in [1.54, 1.807) is 0 Å². The first kappa shape index (κ1) is 7.84. The summed E-state index contributed by atoms with van der Waals surface area (Å²) >= 11 is 0. The molecular formula is C10H15NO. The Labute approximate surface area is 73.0 Å². The lowest BCUT2D eigenvalue weighted by Crippen LogP contribution is -2.04. The van der Waals surface area contributed by atoms with Crippen LogP contribution in [0.3, 0.4) is 0 Å². The van der Waals surface area contributed by atoms with E-state index in [9.17, 15) is 0 Å². The van der Waals surface area contributed by atoms with Crippen LogP contribution in [0.5, 0.6) is 0 Å². The van der Waals surface area contributed by atoms with Gasteiger partial charge in [-0.05, 0) is 19.8 Å². The van der Waals surface area contributed by atoms with Crippen molar-refractivity contribution in [3.8, 4) is 0 Å². The van der Waals surface area contributed by atoms with Crippen LogP contribution in [0.4, 0.5) is 0 Å². The SMILES string of the molecule is Cc1cnc(C2CCCCC2)o1. The first-order valence-corrected chi connectivity index (χ1v) is 4.78. The average Bonchev–Trinajstić information content (AvgIpc) is 2.54. The summed E-state index contributed by atoms with van der Waals surface area (Å²) in [6, 6.07) is 0. The van der Waals surface area contributed by atoms with Crippen molar-refractivity contribution < 1.29 is 4.42 Å². The average molecular weight is 165 g/mol. The smallest absolute Gasteiger partial charge is 0.197 e. The monoisotopic (exact) mass is 165 g/mol. The van der Waals surface area contributed by atoms with Crippen LogP contribution in [-0.2, 0) is 0 Å². The van der Waals surface area contributed by atoms with Gasteiger partial charge >= 0.3 is 0 Å². The molecular weight excluding hydrogens is 150 g/mol. The molecule has 1 heterocycles. The van der Waals surface area contributed by atoms with E-state index >= 15 is 0 Å². The summed E-state index contributed by atoms with van der Waals surface area (Å²) < 4.78 is 5.51. The molecule has 12 heavy (non-hydrogen) atoms. The summed E-state index contributed by atoms with van der Waals surface area (Å²) in [6.07, 6.45) is 8.41. The number of oxazole rings is 1. The van der Waals surface area contributed by atoms with Gasteiger partial charge in [0.15, 0.2) is 5.89 Å². The maximum absolute atomic E-state index is 5.51. The number of aromatic nitrogens is 1. The van der Waals surface area contributed by atoms with Gasteiger partial charge in [-0.3, -0.25) is 0 Å². The van der Waals surface area contributed by atoms with Crippen LogP contribution in [0.25, 0.3) is 0 Å². The highest BCUT2D eigenvalue weighted by molar-refractivity contribution is 4.98. The molecule has 1 saturated carbocycles. The third-order valence-electron chi connectivity index (χ3n) is 2.59. The van der Waals surface area contributed by atoms with Gasteiger partial charge in [0.2, 0.25) is 0 Å². The van der Waals surface area contributed by atoms with E-state index in [0.29, 0.717) is 5.92 Å². The molecule has 0 unspecified atom stereocenters. The van der Waals surface area contributed by atoms with E-state index < -0.39 is 0 Å². The van der Waals surface area contributed by atoms with Crippen LogP contribution in [0.2, 0.25) is 0 Å². The minimum absolute atomic E-state index is 0.604. The largest absolute Gasteiger partial charge is 0.446 e. The lowest BCUT2D eigenvalue weighted by Gasteiger charge is -2.17. The van der Waals surface area contributed by atoms with Crippen molar-refractivity contribution in [3.63, 3.8) is 0 Å². The molecule has 0 atom stereocenters. The maximum Gasteiger partial charge on any atom is 0.197 e. The summed E-state index contributed by atoms with van der Waals surface area (Å²) in [5.74, 6) is 2.51. The molecule has 2 heteroatoms. The molecule has 0 N–H and O–H groups in total. The van der Waals surface area contributed by atoms with Crippen LogP contribution < -0.4 is 0 Å². The molecule has 2 nitrogen and oxygen atoms in total. The second-order valence-electron chi connectivity index (χ2n) is 3.64. The second kappa shape index (κ2) is 3.30. The van der Waals surface area contributed by atoms with Gasteiger partial charge in [-0.25, -0.2) is 4.98 Å². The summed E-state index contributed by atoms with van der Waals surface area (Å²) in [5.41, 5.74) is 0. The second-order valence-corrected chi connectivity index (χ2v) is 3.64. The van der Waals surface area contributed by atoms with Crippen molar-refractivity contribution in [1.82, 2.24) is 4.98 Å². The Hall–Kier alpha value is -0.790. The predicted octanol–water partition coefficient (Wildman–Crippen LogP) is 3.03. The van der Waals surface area contributed by atoms with Crippen LogP contribution in [0.15, 0.2) is 10.6 Å². The normalized spacial score (nSPS) is 19.8. The Bertz CT molecular complexity index is 248. The van der Waals surface area contributed by atoms with Crippen molar-refractivity contribution in [1.29, 1.82) is 0 Å². The Balaban J connectivity index is 2.08. The van der Waals surface area contributed by atoms with Crippen molar-refractivity contribution in [2.75, 3.05) is 0 Å². The minimum atomic E-state index is 0.604. The molecule has 2 rings (SSSR count). The van der Waals surface area contributed by atoms with Crippen molar-refractivity contribution in [3.05, 3.63) is 17.8 Å². The Morgan fingerprint density at radius 2 is 2.08 bits per heavy atom. The summed E-state index contributed by atoms with van der Waals surface area (Å²) in [6.45, 7) is 1.96. The van der Waals surface area contributed by atoms with Gasteiger partial charge in [0, 0.05) is 5.92 Å². The molecule has 1 aromatic rings. The first-order valence-electron chi connectivity index (χ1n) is 4.78. The van der Waals surface area contributed by atoms with Crippen LogP contribution >= 0.6 is 0 Å². The van der Waals surface area contributed by atoms with Gasteiger partial charge < -0.3 is 4.42 Å². The molecule has 1 aromatic heterocycles. The number of nitrogens with zero attached hydrogens (tertiary/aromatic N) is 1. The molecule has 1 aliphatic rings. The molecule has 0 saturated heterocycles. The third-order valence-corrected chi connectivity index (χ3v) is 2.59. The van der Waals surface area contributed by atoms with Crippen molar-refractivity contribution in [2.24, 2.45) is 0 Å². The molecule has 0 radical (unpaired) electrons. The Morgan fingerprint density at radius 3 is 2.67 bits per heavy atom. The van der Waals surface area contributed by atoms with Gasteiger partial charge in [-0.15, -0.1) is 0 Å². The van der Waals surface area contributed by atoms with E-state index in [-0.39, 0.29) is 0 Å². The molecule has 0 bridgehead atoms. The predicted molar refractivity (Wildman–Crippen MR) is 47.1 cm³/mol. The number of aryl methyl sites for hydroxylation is 1. The molecule has 1 fully saturated rings. The number of hydrogen-bond donors (Lipinski definition) is 0. The third kappa shape index (κ3) is 1.52. The zero-order chi connectivity index (χ0) is 8.39. The first-order chi connectivity index (χ1) is 5.86. The van der Waals surface area contributed by atoms with Gasteiger partial charge in [0.1, 0.15) is 5.76 Å². The topological polar surface area (TPSA) is 26.0 Å². The van der Waals surface area contributed by atoms with Crippen LogP contribution in [0, 0.1) is 6.92 Å². The fraction of sp³-hybridized carbons (Fsp3) is 0.700. The fourth-order valence-electron chi connectivity index (χ4n) is 1.91. The highest BCUT2D eigenvalue weighted by Crippen LogP contribution is 2.31. The summed E-state index contributed by atoms with van der Waals surface area (Å²) in [4.78, 5) is 4.27. The Kier molecular flexibility index (Phi) is 2.15. The maximum atomic E-state index is 5.51. The summed E-state index contributed by atoms with van der Waals surface area (Å²) in [7, 11) is 0. The van der Waals surface area contributed by atoms with Gasteiger partial charge in [0.05, 0.1) is 6.20 Å². The van der Waals surface area contributed by atoms with Crippen molar-refractivity contribution >= 4 is 0 Å². The molecule has 0 aromatic carbocycles. The zero-order valence-corrected chi connectivity index (χ0v) is 7.55. The lowest BCUT2D eigenvalue weighted by atomic mass is 9.89. The molecule has 0 amide bonds. The van der Waals surface area contributed by atoms with E-state index in [4.69, 9.17) is 4.42 Å². The fourth-order valence-corrected chi connectivity index (χ4v) is 1.91. The quantitative estimate of drug-likeness (QED) is 0.639. The van der Waals surface area contributed by atoms with Gasteiger partial charge in [-0.2, -0.15) is 0 Å².